The van der Waals surface area contributed by atoms with Crippen molar-refractivity contribution in [3.05, 3.63) is 17.7 Å². The Morgan fingerprint density at radius 2 is 2.00 bits per heavy atom. The lowest BCUT2D eigenvalue weighted by atomic mass is 9.97. The minimum Gasteiger partial charge on any atom is -0.496 e. The molecule has 1 unspecified atom stereocenters. The molecule has 4 heteroatoms. The minimum absolute atomic E-state index is 0.562. The fraction of sp³-hybridized carbons (Fsp3) is 0.647. The van der Waals surface area contributed by atoms with Crippen LogP contribution in [-0.2, 0) is 6.42 Å². The van der Waals surface area contributed by atoms with Crippen LogP contribution >= 0.6 is 11.8 Å². The molecule has 0 saturated carbocycles. The Labute approximate surface area is 132 Å². The van der Waals surface area contributed by atoms with Crippen LogP contribution in [0, 0.1) is 0 Å². The summed E-state index contributed by atoms with van der Waals surface area (Å²) in [5.74, 6) is 3.06. The number of piperidine rings is 1. The fourth-order valence-corrected chi connectivity index (χ4v) is 3.68. The summed E-state index contributed by atoms with van der Waals surface area (Å²) in [6.07, 6.45) is 6.03. The second-order valence-electron chi connectivity index (χ2n) is 5.51. The van der Waals surface area contributed by atoms with Gasteiger partial charge in [0, 0.05) is 6.04 Å². The molecule has 0 radical (unpaired) electrons. The Kier molecular flexibility index (Phi) is 6.71. The number of ether oxygens (including phenoxy) is 2. The summed E-state index contributed by atoms with van der Waals surface area (Å²) in [6.45, 7) is 3.33. The van der Waals surface area contributed by atoms with Gasteiger partial charge in [0.1, 0.15) is 11.5 Å². The molecule has 1 aliphatic heterocycles. The minimum atomic E-state index is 0.562. The van der Waals surface area contributed by atoms with E-state index in [0.29, 0.717) is 6.04 Å². The van der Waals surface area contributed by atoms with E-state index in [1.807, 2.05) is 11.8 Å². The van der Waals surface area contributed by atoms with E-state index >= 15 is 0 Å². The van der Waals surface area contributed by atoms with Crippen LogP contribution < -0.4 is 14.8 Å². The predicted octanol–water partition coefficient (Wildman–Crippen LogP) is 3.89. The Bertz CT molecular complexity index is 445. The number of rotatable bonds is 7. The highest BCUT2D eigenvalue weighted by Gasteiger charge is 2.17. The first-order chi connectivity index (χ1) is 10.3. The fourth-order valence-electron chi connectivity index (χ4n) is 2.78. The van der Waals surface area contributed by atoms with Crippen molar-refractivity contribution < 1.29 is 9.47 Å². The van der Waals surface area contributed by atoms with Crippen molar-refractivity contribution in [2.45, 2.75) is 50.0 Å². The molecule has 0 spiro atoms. The van der Waals surface area contributed by atoms with Crippen molar-refractivity contribution in [3.63, 3.8) is 0 Å². The van der Waals surface area contributed by atoms with Gasteiger partial charge in [0.15, 0.2) is 0 Å². The lowest BCUT2D eigenvalue weighted by Crippen LogP contribution is -2.35. The third-order valence-electron chi connectivity index (χ3n) is 3.91. The zero-order chi connectivity index (χ0) is 15.1. The molecule has 0 aromatic heterocycles. The van der Waals surface area contributed by atoms with E-state index in [0.717, 1.165) is 36.6 Å². The average molecular weight is 309 g/mol. The zero-order valence-corrected chi connectivity index (χ0v) is 14.2. The first-order valence-corrected chi connectivity index (χ1v) is 8.88. The second-order valence-corrected chi connectivity index (χ2v) is 6.65. The van der Waals surface area contributed by atoms with Crippen molar-refractivity contribution in [1.29, 1.82) is 0 Å². The van der Waals surface area contributed by atoms with Gasteiger partial charge in [-0.15, -0.1) is 11.8 Å². The highest BCUT2D eigenvalue weighted by molar-refractivity contribution is 7.99. The summed E-state index contributed by atoms with van der Waals surface area (Å²) in [6, 6.07) is 4.86. The van der Waals surface area contributed by atoms with Gasteiger partial charge in [-0.05, 0) is 55.7 Å². The van der Waals surface area contributed by atoms with Gasteiger partial charge in [-0.2, -0.15) is 0 Å². The Morgan fingerprint density at radius 1 is 1.19 bits per heavy atom. The van der Waals surface area contributed by atoms with Crippen LogP contribution in [0.1, 0.15) is 38.2 Å². The summed E-state index contributed by atoms with van der Waals surface area (Å²) in [5, 5.41) is 3.60. The molecular weight excluding hydrogens is 282 g/mol. The molecule has 1 aromatic carbocycles. The lowest BCUT2D eigenvalue weighted by Gasteiger charge is -2.24. The van der Waals surface area contributed by atoms with Gasteiger partial charge in [-0.1, -0.05) is 13.3 Å². The van der Waals surface area contributed by atoms with Crippen LogP contribution in [0.2, 0.25) is 0 Å². The molecule has 1 N–H and O–H groups in total. The third kappa shape index (κ3) is 4.55. The number of methoxy groups -OCH3 is 2. The molecule has 21 heavy (non-hydrogen) atoms. The van der Waals surface area contributed by atoms with E-state index in [2.05, 4.69) is 24.4 Å². The standard InChI is InChI=1S/C17H27NO2S/c1-4-9-21-17-12-15(19-2)13(11-16(17)20-3)10-14-7-5-6-8-18-14/h11-12,14,18H,4-10H2,1-3H3. The quantitative estimate of drug-likeness (QED) is 0.774. The predicted molar refractivity (Wildman–Crippen MR) is 89.9 cm³/mol. The molecule has 0 bridgehead atoms. The summed E-state index contributed by atoms with van der Waals surface area (Å²) in [4.78, 5) is 1.18. The van der Waals surface area contributed by atoms with E-state index in [1.165, 1.54) is 29.7 Å². The van der Waals surface area contributed by atoms with Crippen LogP contribution in [0.5, 0.6) is 11.5 Å². The number of hydrogen-bond acceptors (Lipinski definition) is 4. The van der Waals surface area contributed by atoms with Crippen molar-refractivity contribution >= 4 is 11.8 Å². The largest absolute Gasteiger partial charge is 0.496 e. The Balaban J connectivity index is 2.18. The van der Waals surface area contributed by atoms with E-state index in [1.54, 1.807) is 14.2 Å². The molecule has 0 aliphatic carbocycles. The van der Waals surface area contributed by atoms with Crippen LogP contribution in [-0.4, -0.2) is 32.6 Å². The first-order valence-electron chi connectivity index (χ1n) is 7.89. The van der Waals surface area contributed by atoms with Gasteiger partial charge >= 0.3 is 0 Å². The van der Waals surface area contributed by atoms with Gasteiger partial charge < -0.3 is 14.8 Å². The molecule has 3 nitrogen and oxygen atoms in total. The molecule has 1 atom stereocenters. The smallest absolute Gasteiger partial charge is 0.132 e. The highest BCUT2D eigenvalue weighted by Crippen LogP contribution is 2.36. The van der Waals surface area contributed by atoms with E-state index in [9.17, 15) is 0 Å². The maximum Gasteiger partial charge on any atom is 0.132 e. The van der Waals surface area contributed by atoms with E-state index < -0.39 is 0 Å². The molecule has 2 rings (SSSR count). The van der Waals surface area contributed by atoms with Gasteiger partial charge in [-0.25, -0.2) is 0 Å². The first kappa shape index (κ1) is 16.5. The molecule has 118 valence electrons. The number of benzene rings is 1. The molecule has 1 fully saturated rings. The molecular formula is C17H27NO2S. The monoisotopic (exact) mass is 309 g/mol. The van der Waals surface area contributed by atoms with Crippen LogP contribution in [0.4, 0.5) is 0 Å². The average Bonchev–Trinajstić information content (AvgIpc) is 2.54. The van der Waals surface area contributed by atoms with Crippen molar-refractivity contribution in [3.8, 4) is 11.5 Å². The molecule has 1 aliphatic rings. The summed E-state index contributed by atoms with van der Waals surface area (Å²) in [7, 11) is 3.51. The van der Waals surface area contributed by atoms with Gasteiger partial charge in [0.25, 0.3) is 0 Å². The van der Waals surface area contributed by atoms with Crippen LogP contribution in [0.25, 0.3) is 0 Å². The molecule has 1 aromatic rings. The SMILES string of the molecule is CCCSc1cc(OC)c(CC2CCCCN2)cc1OC. The zero-order valence-electron chi connectivity index (χ0n) is 13.4. The third-order valence-corrected chi connectivity index (χ3v) is 5.15. The number of hydrogen-bond donors (Lipinski definition) is 1. The van der Waals surface area contributed by atoms with E-state index in [4.69, 9.17) is 9.47 Å². The second kappa shape index (κ2) is 8.54. The van der Waals surface area contributed by atoms with Gasteiger partial charge in [-0.3, -0.25) is 0 Å². The van der Waals surface area contributed by atoms with E-state index in [-0.39, 0.29) is 0 Å². The van der Waals surface area contributed by atoms with Crippen molar-refractivity contribution in [2.75, 3.05) is 26.5 Å². The molecule has 1 heterocycles. The summed E-state index contributed by atoms with van der Waals surface area (Å²) >= 11 is 1.84. The maximum absolute atomic E-state index is 5.61. The lowest BCUT2D eigenvalue weighted by molar-refractivity contribution is 0.373. The Morgan fingerprint density at radius 3 is 2.62 bits per heavy atom. The van der Waals surface area contributed by atoms with Crippen LogP contribution in [0.15, 0.2) is 17.0 Å². The van der Waals surface area contributed by atoms with Crippen molar-refractivity contribution in [2.24, 2.45) is 0 Å². The van der Waals surface area contributed by atoms with Crippen LogP contribution in [0.3, 0.4) is 0 Å². The normalized spacial score (nSPS) is 18.5. The highest BCUT2D eigenvalue weighted by atomic mass is 32.2. The van der Waals surface area contributed by atoms with Gasteiger partial charge in [0.2, 0.25) is 0 Å². The summed E-state index contributed by atoms with van der Waals surface area (Å²) in [5.41, 5.74) is 1.24. The molecule has 1 saturated heterocycles. The topological polar surface area (TPSA) is 30.5 Å². The number of thioether (sulfide) groups is 1. The van der Waals surface area contributed by atoms with Gasteiger partial charge in [0.05, 0.1) is 19.1 Å². The molecule has 0 amide bonds. The Hall–Kier alpha value is -0.870. The summed E-state index contributed by atoms with van der Waals surface area (Å²) < 4.78 is 11.2. The number of nitrogens with one attached hydrogen (secondary N) is 1. The maximum atomic E-state index is 5.61. The van der Waals surface area contributed by atoms with Crippen molar-refractivity contribution in [1.82, 2.24) is 5.32 Å².